The number of H-pyrrole nitrogens is 1. The van der Waals surface area contributed by atoms with E-state index in [0.717, 1.165) is 5.39 Å². The normalized spacial score (nSPS) is 11.2. The van der Waals surface area contributed by atoms with Crippen LogP contribution < -0.4 is 10.9 Å². The van der Waals surface area contributed by atoms with Crippen LogP contribution in [0.25, 0.3) is 22.1 Å². The van der Waals surface area contributed by atoms with Crippen LogP contribution in [-0.4, -0.2) is 30.6 Å². The number of hydrogen-bond acceptors (Lipinski definition) is 6. The van der Waals surface area contributed by atoms with Gasteiger partial charge in [-0.1, -0.05) is 12.1 Å². The lowest BCUT2D eigenvalue weighted by Crippen LogP contribution is -2.32. The third-order valence-corrected chi connectivity index (χ3v) is 3.58. The largest absolute Gasteiger partial charge is 0.448 e. The van der Waals surface area contributed by atoms with Crippen molar-refractivity contribution in [3.63, 3.8) is 0 Å². The van der Waals surface area contributed by atoms with Gasteiger partial charge in [0.25, 0.3) is 5.56 Å². The minimum Gasteiger partial charge on any atom is -0.448 e. The third-order valence-electron chi connectivity index (χ3n) is 3.58. The maximum absolute atomic E-state index is 12.5. The van der Waals surface area contributed by atoms with E-state index in [1.165, 1.54) is 17.2 Å². The molecule has 4 rings (SSSR count). The van der Waals surface area contributed by atoms with E-state index in [1.54, 1.807) is 6.07 Å². The predicted octanol–water partition coefficient (Wildman–Crippen LogP) is 0.577. The fourth-order valence-corrected chi connectivity index (χ4v) is 2.44. The highest BCUT2D eigenvalue weighted by molar-refractivity contribution is 6.01. The second kappa shape index (κ2) is 5.61. The summed E-state index contributed by atoms with van der Waals surface area (Å²) in [6.07, 6.45) is 2.70. The Morgan fingerprint density at radius 2 is 2.17 bits per heavy atom. The van der Waals surface area contributed by atoms with Crippen LogP contribution in [0.5, 0.6) is 0 Å². The van der Waals surface area contributed by atoms with Crippen LogP contribution >= 0.6 is 0 Å². The zero-order valence-corrected chi connectivity index (χ0v) is 12.4. The summed E-state index contributed by atoms with van der Waals surface area (Å²) in [5, 5.41) is 9.74. The molecule has 0 radical (unpaired) electrons. The highest BCUT2D eigenvalue weighted by Crippen LogP contribution is 2.23. The molecule has 0 unspecified atom stereocenters. The van der Waals surface area contributed by atoms with Gasteiger partial charge >= 0.3 is 0 Å². The Hall–Kier alpha value is -3.49. The highest BCUT2D eigenvalue weighted by Gasteiger charge is 2.14. The smallest absolute Gasteiger partial charge is 0.297 e. The van der Waals surface area contributed by atoms with Crippen LogP contribution in [0, 0.1) is 0 Å². The van der Waals surface area contributed by atoms with Gasteiger partial charge in [0.15, 0.2) is 0 Å². The first kappa shape index (κ1) is 14.1. The van der Waals surface area contributed by atoms with Crippen LogP contribution in [0.4, 0.5) is 0 Å². The molecule has 4 aromatic rings. The molecule has 0 aliphatic carbocycles. The van der Waals surface area contributed by atoms with E-state index >= 15 is 0 Å². The molecule has 0 spiro atoms. The molecule has 3 heterocycles. The van der Waals surface area contributed by atoms with Crippen LogP contribution in [0.1, 0.15) is 5.82 Å². The summed E-state index contributed by atoms with van der Waals surface area (Å²) < 4.78 is 6.78. The molecule has 0 fully saturated rings. The Bertz CT molecular complexity index is 1080. The van der Waals surface area contributed by atoms with Crippen molar-refractivity contribution >= 4 is 28.0 Å². The number of hydrogen-bond donors (Lipinski definition) is 2. The van der Waals surface area contributed by atoms with E-state index in [-0.39, 0.29) is 24.6 Å². The van der Waals surface area contributed by atoms with Crippen molar-refractivity contribution in [3.05, 3.63) is 53.1 Å². The van der Waals surface area contributed by atoms with Crippen LogP contribution in [-0.2, 0) is 17.9 Å². The van der Waals surface area contributed by atoms with E-state index in [0.29, 0.717) is 16.9 Å². The Morgan fingerprint density at radius 1 is 1.29 bits per heavy atom. The Labute approximate surface area is 134 Å². The highest BCUT2D eigenvalue weighted by atomic mass is 16.3. The second-order valence-electron chi connectivity index (χ2n) is 5.16. The van der Waals surface area contributed by atoms with Crippen molar-refractivity contribution in [1.29, 1.82) is 0 Å². The first-order valence-corrected chi connectivity index (χ1v) is 7.20. The van der Waals surface area contributed by atoms with Gasteiger partial charge in [-0.05, 0) is 12.1 Å². The molecule has 0 aliphatic rings. The summed E-state index contributed by atoms with van der Waals surface area (Å²) in [6.45, 7) is 0.0425. The summed E-state index contributed by atoms with van der Waals surface area (Å²) in [5.74, 6) is 0.187. The molecule has 24 heavy (non-hydrogen) atoms. The van der Waals surface area contributed by atoms with Gasteiger partial charge < -0.3 is 9.73 Å². The summed E-state index contributed by atoms with van der Waals surface area (Å²) in [4.78, 5) is 32.6. The number of fused-ring (bicyclic) bond motifs is 3. The van der Waals surface area contributed by atoms with Crippen molar-refractivity contribution < 1.29 is 9.21 Å². The molecule has 0 atom stereocenters. The molecule has 0 bridgehead atoms. The standard InChI is InChI=1S/C15H12N6O3/c22-12(16-5-11-17-7-19-20-11)6-21-8-18-13-9-3-1-2-4-10(9)24-14(13)15(21)23/h1-4,7-8H,5-6H2,(H,16,22)(H,17,19,20). The predicted molar refractivity (Wildman–Crippen MR) is 84.0 cm³/mol. The van der Waals surface area contributed by atoms with E-state index in [2.05, 4.69) is 25.5 Å². The van der Waals surface area contributed by atoms with E-state index in [1.807, 2.05) is 18.2 Å². The Morgan fingerprint density at radius 3 is 3.00 bits per heavy atom. The SMILES string of the molecule is O=C(Cn1cnc2c(oc3ccccc32)c1=O)NCc1ncn[nH]1. The lowest BCUT2D eigenvalue weighted by molar-refractivity contribution is -0.121. The average molecular weight is 324 g/mol. The lowest BCUT2D eigenvalue weighted by atomic mass is 10.2. The number of rotatable bonds is 4. The summed E-state index contributed by atoms with van der Waals surface area (Å²) in [7, 11) is 0. The zero-order chi connectivity index (χ0) is 16.5. The van der Waals surface area contributed by atoms with Crippen LogP contribution in [0.3, 0.4) is 0 Å². The Balaban J connectivity index is 1.60. The number of aromatic amines is 1. The molecule has 0 saturated heterocycles. The number of carbonyl (C=O) groups excluding carboxylic acids is 1. The number of carbonyl (C=O) groups is 1. The van der Waals surface area contributed by atoms with Crippen molar-refractivity contribution in [2.45, 2.75) is 13.1 Å². The number of amides is 1. The first-order chi connectivity index (χ1) is 11.7. The van der Waals surface area contributed by atoms with Gasteiger partial charge in [0, 0.05) is 5.39 Å². The van der Waals surface area contributed by atoms with Crippen molar-refractivity contribution in [2.24, 2.45) is 0 Å². The molecule has 9 heteroatoms. The van der Waals surface area contributed by atoms with Crippen molar-refractivity contribution in [1.82, 2.24) is 30.0 Å². The zero-order valence-electron chi connectivity index (χ0n) is 12.4. The molecular formula is C15H12N6O3. The number of aromatic nitrogens is 5. The van der Waals surface area contributed by atoms with E-state index in [9.17, 15) is 9.59 Å². The van der Waals surface area contributed by atoms with Crippen LogP contribution in [0.2, 0.25) is 0 Å². The topological polar surface area (TPSA) is 119 Å². The molecular weight excluding hydrogens is 312 g/mol. The molecule has 9 nitrogen and oxygen atoms in total. The minimum atomic E-state index is -0.397. The monoisotopic (exact) mass is 324 g/mol. The van der Waals surface area contributed by atoms with Crippen LogP contribution in [0.15, 0.2) is 46.1 Å². The fourth-order valence-electron chi connectivity index (χ4n) is 2.44. The van der Waals surface area contributed by atoms with Crippen molar-refractivity contribution in [3.8, 4) is 0 Å². The van der Waals surface area contributed by atoms with Gasteiger partial charge in [-0.25, -0.2) is 9.97 Å². The number of para-hydroxylation sites is 1. The van der Waals surface area contributed by atoms with Gasteiger partial charge in [-0.3, -0.25) is 19.3 Å². The quantitative estimate of drug-likeness (QED) is 0.567. The van der Waals surface area contributed by atoms with E-state index in [4.69, 9.17) is 4.42 Å². The number of nitrogens with zero attached hydrogens (tertiary/aromatic N) is 4. The molecule has 0 saturated carbocycles. The van der Waals surface area contributed by atoms with Gasteiger partial charge in [-0.2, -0.15) is 5.10 Å². The summed E-state index contributed by atoms with van der Waals surface area (Å²) in [6, 6.07) is 7.27. The maximum Gasteiger partial charge on any atom is 0.297 e. The summed E-state index contributed by atoms with van der Waals surface area (Å²) in [5.41, 5.74) is 0.825. The van der Waals surface area contributed by atoms with Gasteiger partial charge in [0.1, 0.15) is 29.8 Å². The lowest BCUT2D eigenvalue weighted by Gasteiger charge is -2.05. The number of nitrogens with one attached hydrogen (secondary N) is 2. The Kier molecular flexibility index (Phi) is 3.30. The van der Waals surface area contributed by atoms with Gasteiger partial charge in [0.05, 0.1) is 12.9 Å². The minimum absolute atomic E-state index is 0.140. The second-order valence-corrected chi connectivity index (χ2v) is 5.16. The van der Waals surface area contributed by atoms with E-state index < -0.39 is 5.56 Å². The maximum atomic E-state index is 12.5. The molecule has 120 valence electrons. The molecule has 1 amide bonds. The molecule has 1 aromatic carbocycles. The number of furan rings is 1. The molecule has 2 N–H and O–H groups in total. The first-order valence-electron chi connectivity index (χ1n) is 7.20. The fraction of sp³-hybridized carbons (Fsp3) is 0.133. The molecule has 0 aliphatic heterocycles. The molecule has 3 aromatic heterocycles. The van der Waals surface area contributed by atoms with Gasteiger partial charge in [-0.15, -0.1) is 0 Å². The third kappa shape index (κ3) is 2.41. The average Bonchev–Trinajstić information content (AvgIpc) is 3.23. The summed E-state index contributed by atoms with van der Waals surface area (Å²) >= 11 is 0. The van der Waals surface area contributed by atoms with Gasteiger partial charge in [0.2, 0.25) is 11.5 Å². The van der Waals surface area contributed by atoms with Crippen molar-refractivity contribution in [2.75, 3.05) is 0 Å². The number of benzene rings is 1.